The largest absolute Gasteiger partial charge is 0.445 e. The number of alkyl carbamates (subject to hydrolysis) is 1. The van der Waals surface area contributed by atoms with Gasteiger partial charge in [0, 0.05) is 13.0 Å². The quantitative estimate of drug-likeness (QED) is 0.856. The van der Waals surface area contributed by atoms with Crippen LogP contribution < -0.4 is 5.32 Å². The van der Waals surface area contributed by atoms with Crippen LogP contribution in [0.2, 0.25) is 0 Å². The molecule has 1 heterocycles. The second-order valence-electron chi connectivity index (χ2n) is 5.10. The number of nitrogens with zero attached hydrogens (tertiary/aromatic N) is 1. The van der Waals surface area contributed by atoms with Gasteiger partial charge in [0.1, 0.15) is 12.8 Å². The summed E-state index contributed by atoms with van der Waals surface area (Å²) >= 11 is 0. The molecule has 2 amide bonds. The number of aliphatic hydroxyl groups is 1. The van der Waals surface area contributed by atoms with Gasteiger partial charge < -0.3 is 20.1 Å². The molecule has 1 fully saturated rings. The van der Waals surface area contributed by atoms with Crippen molar-refractivity contribution >= 4 is 12.0 Å². The van der Waals surface area contributed by atoms with Gasteiger partial charge in [0.25, 0.3) is 0 Å². The molecular weight excluding hydrogens is 272 g/mol. The van der Waals surface area contributed by atoms with Gasteiger partial charge in [-0.1, -0.05) is 30.3 Å². The van der Waals surface area contributed by atoms with E-state index >= 15 is 0 Å². The molecule has 6 nitrogen and oxygen atoms in total. The zero-order valence-electron chi connectivity index (χ0n) is 12.0. The number of ether oxygens (including phenoxy) is 1. The Morgan fingerprint density at radius 1 is 1.43 bits per heavy atom. The van der Waals surface area contributed by atoms with Crippen molar-refractivity contribution in [2.24, 2.45) is 0 Å². The lowest BCUT2D eigenvalue weighted by Gasteiger charge is -2.28. The van der Waals surface area contributed by atoms with Crippen LogP contribution in [-0.2, 0) is 16.1 Å². The Hall–Kier alpha value is -2.08. The summed E-state index contributed by atoms with van der Waals surface area (Å²) in [6, 6.07) is 8.73. The van der Waals surface area contributed by atoms with Crippen LogP contribution in [0.25, 0.3) is 0 Å². The Balaban J connectivity index is 1.77. The van der Waals surface area contributed by atoms with E-state index in [0.717, 1.165) is 12.0 Å². The molecule has 0 aliphatic carbocycles. The lowest BCUT2D eigenvalue weighted by molar-refractivity contribution is -0.137. The minimum absolute atomic E-state index is 0.0891. The fraction of sp³-hybridized carbons (Fsp3) is 0.467. The Labute approximate surface area is 123 Å². The zero-order valence-corrected chi connectivity index (χ0v) is 12.0. The van der Waals surface area contributed by atoms with Crippen molar-refractivity contribution in [1.82, 2.24) is 10.2 Å². The molecule has 1 saturated heterocycles. The normalized spacial score (nSPS) is 17.4. The minimum Gasteiger partial charge on any atom is -0.445 e. The Morgan fingerprint density at radius 3 is 2.76 bits per heavy atom. The minimum atomic E-state index is -1.02. The second kappa shape index (κ2) is 7.08. The lowest BCUT2D eigenvalue weighted by atomic mass is 10.2. The third-order valence-corrected chi connectivity index (χ3v) is 3.43. The third-order valence-electron chi connectivity index (χ3n) is 3.43. The fourth-order valence-corrected chi connectivity index (χ4v) is 2.24. The summed E-state index contributed by atoms with van der Waals surface area (Å²) in [5.41, 5.74) is 0.885. The molecular formula is C15H20N2O4. The molecule has 1 aromatic carbocycles. The average molecular weight is 292 g/mol. The fourth-order valence-electron chi connectivity index (χ4n) is 2.24. The van der Waals surface area contributed by atoms with E-state index in [4.69, 9.17) is 4.74 Å². The van der Waals surface area contributed by atoms with Crippen molar-refractivity contribution in [1.29, 1.82) is 0 Å². The smallest absolute Gasteiger partial charge is 0.407 e. The summed E-state index contributed by atoms with van der Waals surface area (Å²) in [4.78, 5) is 24.6. The van der Waals surface area contributed by atoms with Gasteiger partial charge in [-0.05, 0) is 18.9 Å². The average Bonchev–Trinajstić information content (AvgIpc) is 2.91. The number of carbonyl (C=O) groups is 2. The first-order valence-corrected chi connectivity index (χ1v) is 7.02. The molecule has 6 heteroatoms. The lowest BCUT2D eigenvalue weighted by Crippen LogP contribution is -2.50. The molecule has 0 radical (unpaired) electrons. The van der Waals surface area contributed by atoms with Crippen molar-refractivity contribution < 1.29 is 19.4 Å². The molecule has 0 aromatic heterocycles. The van der Waals surface area contributed by atoms with Gasteiger partial charge in [0.05, 0.1) is 6.04 Å². The van der Waals surface area contributed by atoms with Crippen LogP contribution in [-0.4, -0.2) is 40.8 Å². The van der Waals surface area contributed by atoms with E-state index in [1.807, 2.05) is 30.3 Å². The van der Waals surface area contributed by atoms with E-state index in [1.54, 1.807) is 6.92 Å². The second-order valence-corrected chi connectivity index (χ2v) is 5.10. The predicted molar refractivity (Wildman–Crippen MR) is 76.2 cm³/mol. The standard InChI is InChI=1S/C15H20N2O4/c1-11(14(19)17-9-5-8-13(17)18)16-15(20)21-10-12-6-3-2-4-7-12/h2-4,6-7,11,14,19H,5,8-10H2,1H3,(H,16,20). The van der Waals surface area contributed by atoms with Gasteiger partial charge in [-0.25, -0.2) is 4.79 Å². The Morgan fingerprint density at radius 2 is 2.14 bits per heavy atom. The van der Waals surface area contributed by atoms with Crippen LogP contribution in [0.3, 0.4) is 0 Å². The first-order valence-electron chi connectivity index (χ1n) is 7.02. The van der Waals surface area contributed by atoms with Crippen LogP contribution in [0.15, 0.2) is 30.3 Å². The molecule has 0 spiro atoms. The highest BCUT2D eigenvalue weighted by atomic mass is 16.5. The molecule has 2 N–H and O–H groups in total. The number of benzene rings is 1. The number of aliphatic hydroxyl groups excluding tert-OH is 1. The molecule has 0 saturated carbocycles. The number of hydrogen-bond donors (Lipinski definition) is 2. The van der Waals surface area contributed by atoms with Crippen LogP contribution in [0.5, 0.6) is 0 Å². The topological polar surface area (TPSA) is 78.9 Å². The van der Waals surface area contributed by atoms with Gasteiger partial charge >= 0.3 is 6.09 Å². The van der Waals surface area contributed by atoms with E-state index in [-0.39, 0.29) is 12.5 Å². The highest BCUT2D eigenvalue weighted by Gasteiger charge is 2.30. The molecule has 114 valence electrons. The summed E-state index contributed by atoms with van der Waals surface area (Å²) in [5, 5.41) is 12.6. The van der Waals surface area contributed by atoms with Crippen LogP contribution in [0.1, 0.15) is 25.3 Å². The van der Waals surface area contributed by atoms with E-state index < -0.39 is 18.4 Å². The number of nitrogens with one attached hydrogen (secondary N) is 1. The van der Waals surface area contributed by atoms with Gasteiger partial charge in [0.15, 0.2) is 0 Å². The molecule has 21 heavy (non-hydrogen) atoms. The first-order chi connectivity index (χ1) is 10.1. The third kappa shape index (κ3) is 4.19. The van der Waals surface area contributed by atoms with Crippen molar-refractivity contribution in [3.63, 3.8) is 0 Å². The van der Waals surface area contributed by atoms with E-state index in [0.29, 0.717) is 13.0 Å². The van der Waals surface area contributed by atoms with Crippen molar-refractivity contribution in [3.8, 4) is 0 Å². The highest BCUT2D eigenvalue weighted by Crippen LogP contribution is 2.14. The van der Waals surface area contributed by atoms with E-state index in [2.05, 4.69) is 5.32 Å². The van der Waals surface area contributed by atoms with Gasteiger partial charge in [-0.2, -0.15) is 0 Å². The molecule has 2 rings (SSSR count). The Kier molecular flexibility index (Phi) is 5.16. The van der Waals surface area contributed by atoms with Gasteiger partial charge in [-0.15, -0.1) is 0 Å². The Bertz CT molecular complexity index is 492. The summed E-state index contributed by atoms with van der Waals surface area (Å²) < 4.78 is 5.07. The number of amides is 2. The molecule has 2 atom stereocenters. The molecule has 0 bridgehead atoms. The number of hydrogen-bond acceptors (Lipinski definition) is 4. The summed E-state index contributed by atoms with van der Waals surface area (Å²) in [6.45, 7) is 2.32. The zero-order chi connectivity index (χ0) is 15.2. The molecule has 1 aliphatic heterocycles. The van der Waals surface area contributed by atoms with Gasteiger partial charge in [0.2, 0.25) is 5.91 Å². The summed E-state index contributed by atoms with van der Waals surface area (Å²) in [7, 11) is 0. The number of rotatable bonds is 5. The number of likely N-dealkylation sites (tertiary alicyclic amines) is 1. The van der Waals surface area contributed by atoms with Crippen LogP contribution in [0, 0.1) is 0 Å². The van der Waals surface area contributed by atoms with Crippen molar-refractivity contribution in [2.45, 2.75) is 38.6 Å². The molecule has 1 aromatic rings. The maximum Gasteiger partial charge on any atom is 0.407 e. The predicted octanol–water partition coefficient (Wildman–Crippen LogP) is 1.24. The first kappa shape index (κ1) is 15.3. The van der Waals surface area contributed by atoms with Crippen LogP contribution in [0.4, 0.5) is 4.79 Å². The summed E-state index contributed by atoms with van der Waals surface area (Å²) in [5.74, 6) is -0.0891. The maximum absolute atomic E-state index is 11.7. The van der Waals surface area contributed by atoms with E-state index in [9.17, 15) is 14.7 Å². The monoisotopic (exact) mass is 292 g/mol. The van der Waals surface area contributed by atoms with E-state index in [1.165, 1.54) is 4.90 Å². The highest BCUT2D eigenvalue weighted by molar-refractivity contribution is 5.78. The number of carbonyl (C=O) groups excluding carboxylic acids is 2. The molecule has 1 aliphatic rings. The van der Waals surface area contributed by atoms with Gasteiger partial charge in [-0.3, -0.25) is 4.79 Å². The SMILES string of the molecule is CC(NC(=O)OCc1ccccc1)C(O)N1CCCC1=O. The van der Waals surface area contributed by atoms with Crippen molar-refractivity contribution in [2.75, 3.05) is 6.54 Å². The molecule has 2 unspecified atom stereocenters. The van der Waals surface area contributed by atoms with Crippen molar-refractivity contribution in [3.05, 3.63) is 35.9 Å². The maximum atomic E-state index is 11.7. The summed E-state index contributed by atoms with van der Waals surface area (Å²) in [6.07, 6.45) is -0.454. The van der Waals surface area contributed by atoms with Crippen LogP contribution >= 0.6 is 0 Å².